The number of likely N-dealkylation sites (N-methyl/N-ethyl adjacent to an activating group) is 1. The molecular weight excluding hydrogens is 212 g/mol. The predicted octanol–water partition coefficient (Wildman–Crippen LogP) is 1.26. The van der Waals surface area contributed by atoms with Gasteiger partial charge in [-0.2, -0.15) is 0 Å². The molecule has 0 aliphatic carbocycles. The van der Waals surface area contributed by atoms with Crippen LogP contribution in [0.25, 0.3) is 0 Å². The van der Waals surface area contributed by atoms with Crippen LogP contribution in [0.15, 0.2) is 18.3 Å². The van der Waals surface area contributed by atoms with Gasteiger partial charge in [-0.15, -0.1) is 0 Å². The molecule has 1 aliphatic heterocycles. The summed E-state index contributed by atoms with van der Waals surface area (Å²) in [6.45, 7) is 6.66. The number of rotatable bonds is 3. The largest absolute Gasteiger partial charge is 0.388 e. The minimum absolute atomic E-state index is 0.605. The third kappa shape index (κ3) is 3.17. The van der Waals surface area contributed by atoms with Crippen LogP contribution in [0.1, 0.15) is 12.6 Å². The number of aromatic nitrogens is 1. The van der Waals surface area contributed by atoms with Crippen molar-refractivity contribution < 1.29 is 0 Å². The van der Waals surface area contributed by atoms with Crippen LogP contribution in [0, 0.1) is 0 Å². The zero-order valence-corrected chi connectivity index (χ0v) is 11.0. The maximum Gasteiger partial charge on any atom is 0.0564 e. The van der Waals surface area contributed by atoms with E-state index in [2.05, 4.69) is 40.1 Å². The van der Waals surface area contributed by atoms with E-state index in [-0.39, 0.29) is 0 Å². The maximum absolute atomic E-state index is 4.44. The Hall–Kier alpha value is -1.13. The second-order valence-corrected chi connectivity index (χ2v) is 4.87. The Bertz CT molecular complexity index is 366. The van der Waals surface area contributed by atoms with Gasteiger partial charge in [-0.05, 0) is 26.1 Å². The van der Waals surface area contributed by atoms with Crippen molar-refractivity contribution in [3.05, 3.63) is 24.0 Å². The van der Waals surface area contributed by atoms with Crippen molar-refractivity contribution >= 4 is 5.69 Å². The average Bonchev–Trinajstić information content (AvgIpc) is 2.33. The van der Waals surface area contributed by atoms with E-state index in [0.29, 0.717) is 6.04 Å². The lowest BCUT2D eigenvalue weighted by atomic mass is 10.2. The van der Waals surface area contributed by atoms with Gasteiger partial charge in [0.2, 0.25) is 0 Å². The normalized spacial score (nSPS) is 22.6. The molecule has 17 heavy (non-hydrogen) atoms. The Balaban J connectivity index is 2.00. The molecule has 4 nitrogen and oxygen atoms in total. The van der Waals surface area contributed by atoms with Gasteiger partial charge in [0.15, 0.2) is 0 Å². The van der Waals surface area contributed by atoms with Gasteiger partial charge in [0.25, 0.3) is 0 Å². The molecule has 1 N–H and O–H groups in total. The van der Waals surface area contributed by atoms with E-state index in [4.69, 9.17) is 0 Å². The van der Waals surface area contributed by atoms with Crippen molar-refractivity contribution in [2.75, 3.05) is 39.0 Å². The SMILES string of the molecule is CNc1ccnc(CN2CCN(C)CC2C)c1. The van der Waals surface area contributed by atoms with Crippen LogP contribution < -0.4 is 5.32 Å². The van der Waals surface area contributed by atoms with Gasteiger partial charge in [-0.1, -0.05) is 0 Å². The Morgan fingerprint density at radius 1 is 1.47 bits per heavy atom. The smallest absolute Gasteiger partial charge is 0.0564 e. The molecule has 1 aliphatic rings. The molecule has 1 unspecified atom stereocenters. The highest BCUT2D eigenvalue weighted by atomic mass is 15.3. The van der Waals surface area contributed by atoms with Gasteiger partial charge in [0.1, 0.15) is 0 Å². The molecule has 0 saturated carbocycles. The summed E-state index contributed by atoms with van der Waals surface area (Å²) in [6, 6.07) is 4.73. The van der Waals surface area contributed by atoms with Crippen LogP contribution in [0.3, 0.4) is 0 Å². The van der Waals surface area contributed by atoms with Crippen molar-refractivity contribution in [1.29, 1.82) is 0 Å². The fourth-order valence-electron chi connectivity index (χ4n) is 2.34. The molecule has 0 bridgehead atoms. The van der Waals surface area contributed by atoms with E-state index in [1.54, 1.807) is 0 Å². The molecule has 1 saturated heterocycles. The third-order valence-corrected chi connectivity index (χ3v) is 3.44. The molecule has 0 spiro atoms. The lowest BCUT2D eigenvalue weighted by molar-refractivity contribution is 0.0927. The molecule has 94 valence electrons. The number of nitrogens with zero attached hydrogens (tertiary/aromatic N) is 3. The monoisotopic (exact) mass is 234 g/mol. The molecule has 1 atom stereocenters. The Labute approximate surface area is 104 Å². The summed E-state index contributed by atoms with van der Waals surface area (Å²) in [5.41, 5.74) is 2.28. The van der Waals surface area contributed by atoms with E-state index in [9.17, 15) is 0 Å². The molecule has 0 aromatic carbocycles. The molecule has 0 radical (unpaired) electrons. The molecule has 1 fully saturated rings. The summed E-state index contributed by atoms with van der Waals surface area (Å²) in [6.07, 6.45) is 1.88. The van der Waals surface area contributed by atoms with Crippen molar-refractivity contribution in [2.45, 2.75) is 19.5 Å². The molecule has 2 rings (SSSR count). The van der Waals surface area contributed by atoms with Crippen LogP contribution in [0.5, 0.6) is 0 Å². The minimum Gasteiger partial charge on any atom is -0.388 e. The average molecular weight is 234 g/mol. The Morgan fingerprint density at radius 3 is 3.00 bits per heavy atom. The first-order valence-electron chi connectivity index (χ1n) is 6.24. The lowest BCUT2D eigenvalue weighted by Crippen LogP contribution is -2.49. The molecule has 2 heterocycles. The first kappa shape index (κ1) is 12.3. The van der Waals surface area contributed by atoms with Gasteiger partial charge in [-0.3, -0.25) is 9.88 Å². The zero-order valence-electron chi connectivity index (χ0n) is 11.0. The summed E-state index contributed by atoms with van der Waals surface area (Å²) in [5.74, 6) is 0. The molecular formula is C13H22N4. The van der Waals surface area contributed by atoms with Gasteiger partial charge < -0.3 is 10.2 Å². The highest BCUT2D eigenvalue weighted by Crippen LogP contribution is 2.14. The van der Waals surface area contributed by atoms with Crippen molar-refractivity contribution in [2.24, 2.45) is 0 Å². The van der Waals surface area contributed by atoms with Crippen molar-refractivity contribution in [1.82, 2.24) is 14.8 Å². The topological polar surface area (TPSA) is 31.4 Å². The number of pyridine rings is 1. The quantitative estimate of drug-likeness (QED) is 0.853. The summed E-state index contributed by atoms with van der Waals surface area (Å²) < 4.78 is 0. The number of piperazine rings is 1. The number of hydrogen-bond acceptors (Lipinski definition) is 4. The number of nitrogens with one attached hydrogen (secondary N) is 1. The standard InChI is InChI=1S/C13H22N4/c1-11-9-16(3)6-7-17(11)10-13-8-12(14-2)4-5-15-13/h4-5,8,11H,6-7,9-10H2,1-3H3,(H,14,15). The van der Waals surface area contributed by atoms with E-state index >= 15 is 0 Å². The summed E-state index contributed by atoms with van der Waals surface area (Å²) >= 11 is 0. The van der Waals surface area contributed by atoms with Crippen LogP contribution in [-0.4, -0.2) is 54.6 Å². The number of anilines is 1. The van der Waals surface area contributed by atoms with Gasteiger partial charge in [0, 0.05) is 51.2 Å². The fraction of sp³-hybridized carbons (Fsp3) is 0.615. The number of hydrogen-bond donors (Lipinski definition) is 1. The van der Waals surface area contributed by atoms with Crippen LogP contribution in [-0.2, 0) is 6.54 Å². The van der Waals surface area contributed by atoms with E-state index in [0.717, 1.165) is 37.6 Å². The van der Waals surface area contributed by atoms with Crippen molar-refractivity contribution in [3.63, 3.8) is 0 Å². The third-order valence-electron chi connectivity index (χ3n) is 3.44. The second-order valence-electron chi connectivity index (χ2n) is 4.87. The summed E-state index contributed by atoms with van der Waals surface area (Å²) in [4.78, 5) is 9.33. The maximum atomic E-state index is 4.44. The van der Waals surface area contributed by atoms with E-state index in [1.807, 2.05) is 19.3 Å². The fourth-order valence-corrected chi connectivity index (χ4v) is 2.34. The molecule has 4 heteroatoms. The Morgan fingerprint density at radius 2 is 2.29 bits per heavy atom. The zero-order chi connectivity index (χ0) is 12.3. The lowest BCUT2D eigenvalue weighted by Gasteiger charge is -2.38. The summed E-state index contributed by atoms with van der Waals surface area (Å²) in [7, 11) is 4.13. The van der Waals surface area contributed by atoms with Crippen LogP contribution >= 0.6 is 0 Å². The Kier molecular flexibility index (Phi) is 3.97. The highest BCUT2D eigenvalue weighted by molar-refractivity contribution is 5.42. The van der Waals surface area contributed by atoms with Crippen molar-refractivity contribution in [3.8, 4) is 0 Å². The van der Waals surface area contributed by atoms with Crippen LogP contribution in [0.2, 0.25) is 0 Å². The van der Waals surface area contributed by atoms with Crippen LogP contribution in [0.4, 0.5) is 5.69 Å². The highest BCUT2D eigenvalue weighted by Gasteiger charge is 2.21. The molecule has 1 aromatic heterocycles. The predicted molar refractivity (Wildman–Crippen MR) is 71.2 cm³/mol. The molecule has 0 amide bonds. The first-order valence-corrected chi connectivity index (χ1v) is 6.24. The van der Waals surface area contributed by atoms with Gasteiger partial charge in [0.05, 0.1) is 5.69 Å². The molecule has 1 aromatic rings. The summed E-state index contributed by atoms with van der Waals surface area (Å²) in [5, 5.41) is 3.16. The second kappa shape index (κ2) is 5.47. The van der Waals surface area contributed by atoms with E-state index in [1.165, 1.54) is 0 Å². The van der Waals surface area contributed by atoms with Gasteiger partial charge >= 0.3 is 0 Å². The van der Waals surface area contributed by atoms with E-state index < -0.39 is 0 Å². The van der Waals surface area contributed by atoms with Gasteiger partial charge in [-0.25, -0.2) is 0 Å². The first-order chi connectivity index (χ1) is 8.19. The minimum atomic E-state index is 0.605.